The van der Waals surface area contributed by atoms with Crippen molar-refractivity contribution in [2.75, 3.05) is 16.0 Å². The average Bonchev–Trinajstić information content (AvgIpc) is 3.30. The zero-order chi connectivity index (χ0) is 28.0. The summed E-state index contributed by atoms with van der Waals surface area (Å²) in [4.78, 5) is 35.8. The van der Waals surface area contributed by atoms with E-state index in [1.165, 1.54) is 29.1 Å². The second kappa shape index (κ2) is 11.5. The van der Waals surface area contributed by atoms with Crippen LogP contribution in [0, 0.1) is 0 Å². The molecule has 10 nitrogen and oxygen atoms in total. The molecule has 0 aliphatic carbocycles. The highest BCUT2D eigenvalue weighted by molar-refractivity contribution is 6.00. The Bertz CT molecular complexity index is 1490. The molecule has 3 aromatic carbocycles. The number of hydrogen-bond donors (Lipinski definition) is 4. The van der Waals surface area contributed by atoms with Crippen molar-refractivity contribution in [2.45, 2.75) is 19.1 Å². The van der Waals surface area contributed by atoms with Gasteiger partial charge >= 0.3 is 24.1 Å². The van der Waals surface area contributed by atoms with Crippen molar-refractivity contribution in [2.24, 2.45) is 0 Å². The lowest BCUT2D eigenvalue weighted by atomic mass is 10.1. The van der Waals surface area contributed by atoms with Crippen LogP contribution in [0.3, 0.4) is 0 Å². The van der Waals surface area contributed by atoms with E-state index in [2.05, 4.69) is 21.2 Å². The van der Waals surface area contributed by atoms with Crippen LogP contribution in [0.2, 0.25) is 0 Å². The first-order valence-electron chi connectivity index (χ1n) is 11.4. The van der Waals surface area contributed by atoms with Gasteiger partial charge in [0, 0.05) is 16.9 Å². The highest BCUT2D eigenvalue weighted by Gasteiger charge is 2.31. The van der Waals surface area contributed by atoms with E-state index in [1.807, 2.05) is 0 Å². The first kappa shape index (κ1) is 26.9. The second-order valence-corrected chi connectivity index (χ2v) is 8.35. The number of amides is 3. The Morgan fingerprint density at radius 1 is 0.872 bits per heavy atom. The predicted octanol–water partition coefficient (Wildman–Crippen LogP) is 4.55. The fourth-order valence-corrected chi connectivity index (χ4v) is 3.54. The van der Waals surface area contributed by atoms with E-state index in [-0.39, 0.29) is 35.8 Å². The number of urea groups is 1. The van der Waals surface area contributed by atoms with Crippen molar-refractivity contribution >= 4 is 35.2 Å². The van der Waals surface area contributed by atoms with Crippen molar-refractivity contribution in [1.29, 1.82) is 0 Å². The Morgan fingerprint density at radius 3 is 2.18 bits per heavy atom. The molecule has 0 atom stereocenters. The molecule has 4 N–H and O–H groups in total. The third-order valence-electron chi connectivity index (χ3n) is 5.30. The number of benzene rings is 3. The van der Waals surface area contributed by atoms with E-state index in [0.29, 0.717) is 11.1 Å². The summed E-state index contributed by atoms with van der Waals surface area (Å²) in [5, 5.41) is 19.8. The monoisotopic (exact) mass is 540 g/mol. The molecule has 13 heteroatoms. The number of aromatic carboxylic acids is 1. The molecule has 4 aromatic rings. The van der Waals surface area contributed by atoms with Gasteiger partial charge in [0.25, 0.3) is 6.20 Å². The van der Waals surface area contributed by atoms with Gasteiger partial charge in [-0.2, -0.15) is 13.2 Å². The standard InChI is InChI=1S/C26H20F3N5O5/c27-26(28,29)19-11-20(30-22(35)10-16-4-2-1-3-5-16)13-21(12-19)31-25(38)32-23-15-34(33-39-23)14-17-6-8-18(9-7-17)24(36)37/h1-9,11-13,15H,10,14H2,(H3-,30,31,32,33,35,36,37,38)/p+1. The molecule has 0 spiro atoms. The van der Waals surface area contributed by atoms with Crippen molar-refractivity contribution in [3.8, 4) is 0 Å². The normalized spacial score (nSPS) is 11.1. The summed E-state index contributed by atoms with van der Waals surface area (Å²) in [6.45, 7) is 0.201. The maximum absolute atomic E-state index is 13.5. The van der Waals surface area contributed by atoms with Crippen LogP contribution in [0.15, 0.2) is 83.5 Å². The van der Waals surface area contributed by atoms with Gasteiger partial charge in [0.15, 0.2) is 0 Å². The van der Waals surface area contributed by atoms with Crippen LogP contribution in [-0.4, -0.2) is 28.3 Å². The van der Waals surface area contributed by atoms with Gasteiger partial charge in [-0.25, -0.2) is 9.59 Å². The van der Waals surface area contributed by atoms with E-state index >= 15 is 0 Å². The first-order valence-corrected chi connectivity index (χ1v) is 11.4. The van der Waals surface area contributed by atoms with Gasteiger partial charge in [-0.3, -0.25) is 14.6 Å². The number of rotatable bonds is 8. The lowest BCUT2D eigenvalue weighted by molar-refractivity contribution is -0.754. The summed E-state index contributed by atoms with van der Waals surface area (Å²) in [6, 6.07) is 16.5. The van der Waals surface area contributed by atoms with Gasteiger partial charge in [0.2, 0.25) is 17.7 Å². The zero-order valence-corrected chi connectivity index (χ0v) is 20.0. The molecule has 4 rings (SSSR count). The summed E-state index contributed by atoms with van der Waals surface area (Å²) in [7, 11) is 0. The van der Waals surface area contributed by atoms with E-state index in [1.54, 1.807) is 42.5 Å². The molecule has 0 aliphatic heterocycles. The summed E-state index contributed by atoms with van der Waals surface area (Å²) in [6.07, 6.45) is -3.44. The number of anilines is 3. The molecular weight excluding hydrogens is 519 g/mol. The third kappa shape index (κ3) is 7.64. The van der Waals surface area contributed by atoms with Crippen LogP contribution >= 0.6 is 0 Å². The Balaban J connectivity index is 1.41. The number of carbonyl (C=O) groups is 3. The Morgan fingerprint density at radius 2 is 1.54 bits per heavy atom. The maximum atomic E-state index is 13.5. The molecule has 200 valence electrons. The van der Waals surface area contributed by atoms with Crippen LogP contribution in [0.25, 0.3) is 0 Å². The minimum Gasteiger partial charge on any atom is -0.478 e. The highest BCUT2D eigenvalue weighted by Crippen LogP contribution is 2.33. The molecule has 0 aliphatic rings. The van der Waals surface area contributed by atoms with Crippen molar-refractivity contribution in [1.82, 2.24) is 5.27 Å². The number of nitrogens with zero attached hydrogens (tertiary/aromatic N) is 2. The lowest BCUT2D eigenvalue weighted by Gasteiger charge is -2.14. The van der Waals surface area contributed by atoms with E-state index in [0.717, 1.165) is 12.1 Å². The van der Waals surface area contributed by atoms with Gasteiger partial charge in [-0.1, -0.05) is 42.5 Å². The molecule has 1 aromatic heterocycles. The fourth-order valence-electron chi connectivity index (χ4n) is 3.54. The summed E-state index contributed by atoms with van der Waals surface area (Å²) in [5.74, 6) is -1.69. The zero-order valence-electron chi connectivity index (χ0n) is 20.0. The van der Waals surface area contributed by atoms with E-state index < -0.39 is 29.6 Å². The maximum Gasteiger partial charge on any atom is 0.416 e. The molecule has 0 unspecified atom stereocenters. The first-order chi connectivity index (χ1) is 18.5. The quantitative estimate of drug-likeness (QED) is 0.242. The van der Waals surface area contributed by atoms with Crippen LogP contribution in [-0.2, 0) is 23.9 Å². The number of aromatic nitrogens is 2. The molecule has 3 amide bonds. The molecule has 0 bridgehead atoms. The smallest absolute Gasteiger partial charge is 0.416 e. The van der Waals surface area contributed by atoms with Gasteiger partial charge in [0.05, 0.1) is 17.5 Å². The number of halogens is 3. The number of nitrogens with one attached hydrogen (secondary N) is 3. The average molecular weight is 540 g/mol. The fraction of sp³-hybridized carbons (Fsp3) is 0.115. The molecular formula is C26H21F3N5O5+. The highest BCUT2D eigenvalue weighted by atomic mass is 19.4. The van der Waals surface area contributed by atoms with Crippen molar-refractivity contribution in [3.05, 3.63) is 101 Å². The summed E-state index contributed by atoms with van der Waals surface area (Å²) >= 11 is 0. The number of hydrogen-bond acceptors (Lipinski definition) is 5. The molecule has 39 heavy (non-hydrogen) atoms. The minimum absolute atomic E-state index is 0.0461. The summed E-state index contributed by atoms with van der Waals surface area (Å²) in [5.41, 5.74) is 0.0790. The topological polar surface area (TPSA) is 137 Å². The minimum atomic E-state index is -4.73. The van der Waals surface area contributed by atoms with Crippen molar-refractivity contribution < 1.29 is 41.9 Å². The molecule has 0 saturated heterocycles. The van der Waals surface area contributed by atoms with Gasteiger partial charge in [0.1, 0.15) is 0 Å². The van der Waals surface area contributed by atoms with Crippen LogP contribution < -0.4 is 20.6 Å². The number of carboxylic acids is 1. The Labute approximate surface area is 219 Å². The Hall–Kier alpha value is -5.20. The third-order valence-corrected chi connectivity index (χ3v) is 5.30. The van der Waals surface area contributed by atoms with Crippen molar-refractivity contribution in [3.63, 3.8) is 0 Å². The van der Waals surface area contributed by atoms with Crippen LogP contribution in [0.5, 0.6) is 0 Å². The SMILES string of the molecule is O=C(Cc1ccccc1)Nc1cc(NC(=O)Nc2c[n+](Cc3ccc(C(=O)O)cc3)no2)cc(C(F)(F)F)c1. The van der Waals surface area contributed by atoms with Crippen LogP contribution in [0.4, 0.5) is 35.2 Å². The van der Waals surface area contributed by atoms with Gasteiger partial charge in [-0.05, 0) is 40.6 Å². The van der Waals surface area contributed by atoms with Gasteiger partial charge in [-0.15, -0.1) is 0 Å². The molecule has 0 fully saturated rings. The molecule has 0 saturated carbocycles. The predicted molar refractivity (Wildman–Crippen MR) is 132 cm³/mol. The Kier molecular flexibility index (Phi) is 7.89. The largest absolute Gasteiger partial charge is 0.478 e. The lowest BCUT2D eigenvalue weighted by Crippen LogP contribution is -2.35. The summed E-state index contributed by atoms with van der Waals surface area (Å²) < 4.78 is 46.7. The number of carboxylic acid groups (broad SMARTS) is 1. The number of carbonyl (C=O) groups excluding carboxylic acids is 2. The van der Waals surface area contributed by atoms with Gasteiger partial charge < -0.3 is 15.7 Å². The second-order valence-electron chi connectivity index (χ2n) is 8.35. The number of alkyl halides is 3. The van der Waals surface area contributed by atoms with E-state index in [9.17, 15) is 27.6 Å². The van der Waals surface area contributed by atoms with E-state index in [4.69, 9.17) is 9.63 Å². The van der Waals surface area contributed by atoms with Crippen LogP contribution in [0.1, 0.15) is 27.0 Å². The molecule has 0 radical (unpaired) electrons. The molecule has 1 heterocycles.